The van der Waals surface area contributed by atoms with Gasteiger partial charge in [0, 0.05) is 18.6 Å². The summed E-state index contributed by atoms with van der Waals surface area (Å²) in [6.07, 6.45) is -3.93. The minimum atomic E-state index is -4.49. The molecule has 164 valence electrons. The van der Waals surface area contributed by atoms with E-state index in [0.717, 1.165) is 10.9 Å². The number of halogens is 3. The number of aliphatic hydroxyl groups excluding tert-OH is 1. The number of rotatable bonds is 4. The van der Waals surface area contributed by atoms with Crippen LogP contribution in [0.25, 0.3) is 10.9 Å². The van der Waals surface area contributed by atoms with Crippen molar-refractivity contribution in [1.29, 1.82) is 0 Å². The molecule has 1 amide bonds. The third-order valence-corrected chi connectivity index (χ3v) is 6.42. The highest BCUT2D eigenvalue weighted by molar-refractivity contribution is 5.95. The molecule has 0 radical (unpaired) electrons. The van der Waals surface area contributed by atoms with Crippen LogP contribution >= 0.6 is 0 Å². The van der Waals surface area contributed by atoms with Crippen LogP contribution < -0.4 is 5.32 Å². The molecule has 10 heteroatoms. The Morgan fingerprint density at radius 2 is 2.03 bits per heavy atom. The summed E-state index contributed by atoms with van der Waals surface area (Å²) in [4.78, 5) is 17.7. The van der Waals surface area contributed by atoms with Gasteiger partial charge in [0.25, 0.3) is 5.91 Å². The summed E-state index contributed by atoms with van der Waals surface area (Å²) in [6, 6.07) is 9.52. The molecule has 1 aliphatic heterocycles. The first-order chi connectivity index (χ1) is 14.8. The van der Waals surface area contributed by atoms with Crippen LogP contribution in [0.3, 0.4) is 0 Å². The molecule has 3 aromatic rings. The van der Waals surface area contributed by atoms with Gasteiger partial charge in [-0.1, -0.05) is 18.2 Å². The molecule has 1 atom stereocenters. The number of nitrogens with zero attached hydrogens (tertiary/aromatic N) is 3. The van der Waals surface area contributed by atoms with Crippen molar-refractivity contribution < 1.29 is 23.1 Å². The fraction of sp³-hybridized carbons (Fsp3) is 0.429. The van der Waals surface area contributed by atoms with Crippen LogP contribution in [0.1, 0.15) is 47.2 Å². The second kappa shape index (κ2) is 7.10. The summed E-state index contributed by atoms with van der Waals surface area (Å²) in [7, 11) is 0. The van der Waals surface area contributed by atoms with E-state index in [1.165, 1.54) is 6.20 Å². The molecule has 1 fully saturated rings. The molecule has 0 spiro atoms. The van der Waals surface area contributed by atoms with Gasteiger partial charge in [-0.25, -0.2) is 0 Å². The van der Waals surface area contributed by atoms with Crippen LogP contribution in [0.4, 0.5) is 13.2 Å². The highest BCUT2D eigenvalue weighted by Gasteiger charge is 2.59. The van der Waals surface area contributed by atoms with Gasteiger partial charge in [0.1, 0.15) is 11.8 Å². The van der Waals surface area contributed by atoms with Gasteiger partial charge >= 0.3 is 6.18 Å². The third kappa shape index (κ3) is 3.30. The molecule has 3 heterocycles. The van der Waals surface area contributed by atoms with E-state index in [0.29, 0.717) is 30.9 Å². The van der Waals surface area contributed by atoms with Crippen molar-refractivity contribution >= 4 is 16.8 Å². The lowest BCUT2D eigenvalue weighted by atomic mass is 9.76. The van der Waals surface area contributed by atoms with Gasteiger partial charge in [-0.15, -0.1) is 0 Å². The summed E-state index contributed by atoms with van der Waals surface area (Å²) in [5.74, 6) is -0.778. The van der Waals surface area contributed by atoms with Gasteiger partial charge in [0.2, 0.25) is 0 Å². The third-order valence-electron chi connectivity index (χ3n) is 6.42. The largest absolute Gasteiger partial charge is 0.411 e. The number of nitrogens with one attached hydrogen (secondary N) is 2. The quantitative estimate of drug-likeness (QED) is 0.590. The molecule has 1 unspecified atom stereocenters. The zero-order chi connectivity index (χ0) is 21.8. The highest BCUT2D eigenvalue weighted by Crippen LogP contribution is 2.45. The number of hydrogen-bond acceptors (Lipinski definition) is 4. The first-order valence-corrected chi connectivity index (χ1v) is 10.2. The van der Waals surface area contributed by atoms with Crippen LogP contribution in [0, 0.1) is 0 Å². The predicted octanol–water partition coefficient (Wildman–Crippen LogP) is 3.09. The Morgan fingerprint density at radius 3 is 2.71 bits per heavy atom. The zero-order valence-electron chi connectivity index (χ0n) is 16.6. The molecular weight excluding hydrogens is 411 g/mol. The van der Waals surface area contributed by atoms with Crippen molar-refractivity contribution in [2.24, 2.45) is 0 Å². The van der Waals surface area contributed by atoms with Crippen molar-refractivity contribution in [2.75, 3.05) is 6.54 Å². The molecule has 2 aliphatic rings. The van der Waals surface area contributed by atoms with E-state index in [9.17, 15) is 23.1 Å². The van der Waals surface area contributed by atoms with Crippen molar-refractivity contribution in [3.05, 3.63) is 53.5 Å². The van der Waals surface area contributed by atoms with E-state index in [2.05, 4.69) is 15.4 Å². The number of carbonyl (C=O) groups excluding carboxylic acids is 1. The number of para-hydroxylation sites is 1. The molecule has 1 saturated carbocycles. The number of amides is 1. The molecule has 1 aromatic carbocycles. The van der Waals surface area contributed by atoms with E-state index < -0.39 is 23.9 Å². The Kier molecular flexibility index (Phi) is 4.60. The van der Waals surface area contributed by atoms with Crippen molar-refractivity contribution in [3.63, 3.8) is 0 Å². The zero-order valence-corrected chi connectivity index (χ0v) is 16.6. The highest BCUT2D eigenvalue weighted by atomic mass is 19.4. The molecule has 2 aromatic heterocycles. The number of H-pyrrole nitrogens is 1. The monoisotopic (exact) mass is 433 g/mol. The van der Waals surface area contributed by atoms with E-state index in [-0.39, 0.29) is 24.9 Å². The Bertz CT molecular complexity index is 1100. The second-order valence-corrected chi connectivity index (χ2v) is 8.27. The lowest BCUT2D eigenvalue weighted by Gasteiger charge is -2.43. The molecule has 0 bridgehead atoms. The van der Waals surface area contributed by atoms with E-state index in [1.807, 2.05) is 30.3 Å². The average Bonchev–Trinajstić information content (AvgIpc) is 3.32. The first kappa shape index (κ1) is 20.1. The van der Waals surface area contributed by atoms with Crippen molar-refractivity contribution in [3.8, 4) is 0 Å². The van der Waals surface area contributed by atoms with Gasteiger partial charge in [-0.3, -0.25) is 14.4 Å². The average molecular weight is 433 g/mol. The molecule has 0 saturated heterocycles. The number of aliphatic hydroxyl groups is 1. The molecule has 1 aliphatic carbocycles. The fourth-order valence-corrected chi connectivity index (χ4v) is 4.39. The summed E-state index contributed by atoms with van der Waals surface area (Å²) >= 11 is 0. The number of aromatic amines is 1. The Morgan fingerprint density at radius 1 is 1.26 bits per heavy atom. The van der Waals surface area contributed by atoms with Gasteiger partial charge in [0.05, 0.1) is 29.7 Å². The predicted molar refractivity (Wildman–Crippen MR) is 106 cm³/mol. The van der Waals surface area contributed by atoms with Crippen LogP contribution in [0.2, 0.25) is 0 Å². The topological polar surface area (TPSA) is 86.2 Å². The summed E-state index contributed by atoms with van der Waals surface area (Å²) < 4.78 is 42.0. The number of carbonyl (C=O) groups is 1. The SMILES string of the molecule is O=C(NC1(C(F)(F)F)CCC1)c1cnn2c1CN(C(O)c1cc3ccccc3[nH]1)CC2. The minimum absolute atomic E-state index is 0.114. The smallest absolute Gasteiger partial charge is 0.373 e. The van der Waals surface area contributed by atoms with Crippen LogP contribution in [0.15, 0.2) is 36.5 Å². The van der Waals surface area contributed by atoms with Crippen LogP contribution in [-0.4, -0.2) is 48.9 Å². The van der Waals surface area contributed by atoms with Crippen molar-refractivity contribution in [1.82, 2.24) is 25.0 Å². The van der Waals surface area contributed by atoms with Crippen molar-refractivity contribution in [2.45, 2.75) is 50.3 Å². The maximum absolute atomic E-state index is 13.5. The van der Waals surface area contributed by atoms with Gasteiger partial charge in [-0.2, -0.15) is 18.3 Å². The van der Waals surface area contributed by atoms with Crippen LogP contribution in [-0.2, 0) is 13.1 Å². The minimum Gasteiger partial charge on any atom is -0.373 e. The van der Waals surface area contributed by atoms with E-state index in [1.54, 1.807) is 9.58 Å². The second-order valence-electron chi connectivity index (χ2n) is 8.27. The number of benzene rings is 1. The Labute approximate surface area is 175 Å². The summed E-state index contributed by atoms with van der Waals surface area (Å²) in [6.45, 7) is 1.10. The Balaban J connectivity index is 1.36. The molecule has 7 nitrogen and oxygen atoms in total. The molecule has 3 N–H and O–H groups in total. The summed E-state index contributed by atoms with van der Waals surface area (Å²) in [5, 5.41) is 18.2. The Hall–Kier alpha value is -2.85. The first-order valence-electron chi connectivity index (χ1n) is 10.2. The van der Waals surface area contributed by atoms with Gasteiger partial charge in [0.15, 0.2) is 0 Å². The summed E-state index contributed by atoms with van der Waals surface area (Å²) in [5.41, 5.74) is -0.0289. The number of fused-ring (bicyclic) bond motifs is 2. The van der Waals surface area contributed by atoms with Gasteiger partial charge in [-0.05, 0) is 36.8 Å². The normalized spacial score (nSPS) is 19.6. The standard InChI is InChI=1S/C21H22F3N5O2/c22-21(23,24)20(6-3-7-20)27-18(30)14-11-25-29-9-8-28(12-17(14)29)19(31)16-10-13-4-1-2-5-15(13)26-16/h1-2,4-5,10-11,19,26,31H,3,6-9,12H2,(H,27,30). The van der Waals surface area contributed by atoms with Crippen LogP contribution in [0.5, 0.6) is 0 Å². The number of aromatic nitrogens is 3. The van der Waals surface area contributed by atoms with E-state index in [4.69, 9.17) is 0 Å². The lowest BCUT2D eigenvalue weighted by Crippen LogP contribution is -2.63. The molecule has 31 heavy (non-hydrogen) atoms. The van der Waals surface area contributed by atoms with Gasteiger partial charge < -0.3 is 15.4 Å². The lowest BCUT2D eigenvalue weighted by molar-refractivity contribution is -0.215. The maximum atomic E-state index is 13.5. The fourth-order valence-electron chi connectivity index (χ4n) is 4.39. The maximum Gasteiger partial charge on any atom is 0.411 e. The number of hydrogen-bond donors (Lipinski definition) is 3. The number of alkyl halides is 3. The van der Waals surface area contributed by atoms with E-state index >= 15 is 0 Å². The molecular formula is C21H22F3N5O2. The molecule has 5 rings (SSSR count).